The predicted octanol–water partition coefficient (Wildman–Crippen LogP) is 3.08. The van der Waals surface area contributed by atoms with Crippen molar-refractivity contribution in [2.24, 2.45) is 0 Å². The summed E-state index contributed by atoms with van der Waals surface area (Å²) in [5.41, 5.74) is 0.985. The van der Waals surface area contributed by atoms with E-state index in [9.17, 15) is 5.11 Å². The van der Waals surface area contributed by atoms with E-state index in [1.807, 2.05) is 16.7 Å². The monoisotopic (exact) mass is 230 g/mol. The Labute approximate surface area is 96.6 Å². The Hall–Kier alpha value is -1.81. The van der Waals surface area contributed by atoms with Crippen molar-refractivity contribution in [3.8, 4) is 16.5 Å². The van der Waals surface area contributed by atoms with Gasteiger partial charge in [-0.25, -0.2) is 4.98 Å². The summed E-state index contributed by atoms with van der Waals surface area (Å²) in [5.74, 6) is 1.13. The molecule has 0 aliphatic rings. The third-order valence-electron chi connectivity index (χ3n) is 2.47. The van der Waals surface area contributed by atoms with Crippen LogP contribution >= 0.6 is 11.3 Å². The second-order valence-corrected chi connectivity index (χ2v) is 4.96. The van der Waals surface area contributed by atoms with Crippen LogP contribution in [0.3, 0.4) is 0 Å². The Morgan fingerprint density at radius 2 is 2.12 bits per heavy atom. The number of aromatic nitrogens is 2. The maximum Gasteiger partial charge on any atom is 0.154 e. The van der Waals surface area contributed by atoms with Gasteiger partial charge in [0.1, 0.15) is 5.75 Å². The van der Waals surface area contributed by atoms with Crippen molar-refractivity contribution in [3.05, 3.63) is 41.5 Å². The normalized spacial score (nSPS) is 11.1. The summed E-state index contributed by atoms with van der Waals surface area (Å²) < 4.78 is 1.90. The van der Waals surface area contributed by atoms with Gasteiger partial charge in [-0.3, -0.25) is 4.40 Å². The smallest absolute Gasteiger partial charge is 0.154 e. The Morgan fingerprint density at radius 1 is 1.25 bits per heavy atom. The summed E-state index contributed by atoms with van der Waals surface area (Å²) in [6.45, 7) is 2.07. The van der Waals surface area contributed by atoms with E-state index >= 15 is 0 Å². The molecule has 0 saturated carbocycles. The van der Waals surface area contributed by atoms with E-state index in [1.54, 1.807) is 23.6 Å². The number of pyridine rings is 1. The molecule has 0 bridgehead atoms. The maximum absolute atomic E-state index is 9.48. The third-order valence-corrected chi connectivity index (χ3v) is 3.47. The minimum absolute atomic E-state index is 0.250. The lowest BCUT2D eigenvalue weighted by atomic mass is 10.4. The van der Waals surface area contributed by atoms with Crippen molar-refractivity contribution < 1.29 is 5.11 Å². The van der Waals surface area contributed by atoms with Crippen molar-refractivity contribution in [3.63, 3.8) is 0 Å². The maximum atomic E-state index is 9.48. The largest absolute Gasteiger partial charge is 0.506 e. The fraction of sp³-hybridized carbons (Fsp3) is 0.0833. The van der Waals surface area contributed by atoms with E-state index in [1.165, 1.54) is 4.88 Å². The van der Waals surface area contributed by atoms with Gasteiger partial charge < -0.3 is 5.11 Å². The summed E-state index contributed by atoms with van der Waals surface area (Å²) in [5, 5.41) is 9.48. The molecule has 0 spiro atoms. The molecular weight excluding hydrogens is 220 g/mol. The average Bonchev–Trinajstić information content (AvgIpc) is 2.83. The van der Waals surface area contributed by atoms with Gasteiger partial charge in [0.25, 0.3) is 0 Å². The standard InChI is InChI=1S/C12H10N2OS/c1-8-2-5-11(16-8)12-13-6-9-3-4-10(15)7-14(9)12/h2-7,15H,1H3. The molecule has 0 aliphatic heterocycles. The molecule has 0 aliphatic carbocycles. The van der Waals surface area contributed by atoms with Crippen LogP contribution in [0.4, 0.5) is 0 Å². The minimum atomic E-state index is 0.250. The molecule has 0 saturated heterocycles. The molecule has 0 atom stereocenters. The summed E-state index contributed by atoms with van der Waals surface area (Å²) >= 11 is 1.70. The van der Waals surface area contributed by atoms with Gasteiger partial charge in [0.05, 0.1) is 22.8 Å². The molecule has 4 heteroatoms. The van der Waals surface area contributed by atoms with Crippen molar-refractivity contribution in [1.82, 2.24) is 9.38 Å². The summed E-state index contributed by atoms with van der Waals surface area (Å²) in [6.07, 6.45) is 3.50. The second-order valence-electron chi connectivity index (χ2n) is 3.67. The molecule has 3 rings (SSSR count). The molecule has 3 nitrogen and oxygen atoms in total. The van der Waals surface area contributed by atoms with Crippen LogP contribution in [-0.2, 0) is 0 Å². The average molecular weight is 230 g/mol. The van der Waals surface area contributed by atoms with Crippen molar-refractivity contribution in [1.29, 1.82) is 0 Å². The zero-order valence-corrected chi connectivity index (χ0v) is 9.53. The van der Waals surface area contributed by atoms with Crippen LogP contribution in [0.2, 0.25) is 0 Å². The molecule has 3 aromatic heterocycles. The van der Waals surface area contributed by atoms with Gasteiger partial charge in [-0.05, 0) is 31.2 Å². The molecular formula is C12H10N2OS. The summed E-state index contributed by atoms with van der Waals surface area (Å²) in [6, 6.07) is 7.65. The Morgan fingerprint density at radius 3 is 2.88 bits per heavy atom. The minimum Gasteiger partial charge on any atom is -0.506 e. The number of hydrogen-bond acceptors (Lipinski definition) is 3. The summed E-state index contributed by atoms with van der Waals surface area (Å²) in [4.78, 5) is 6.75. The van der Waals surface area contributed by atoms with Gasteiger partial charge in [0.2, 0.25) is 0 Å². The number of imidazole rings is 1. The van der Waals surface area contributed by atoms with Crippen LogP contribution in [0.15, 0.2) is 36.7 Å². The number of hydrogen-bond donors (Lipinski definition) is 1. The highest BCUT2D eigenvalue weighted by Gasteiger charge is 2.08. The third kappa shape index (κ3) is 1.39. The van der Waals surface area contributed by atoms with Crippen molar-refractivity contribution in [2.75, 3.05) is 0 Å². The van der Waals surface area contributed by atoms with Gasteiger partial charge in [-0.2, -0.15) is 0 Å². The molecule has 3 heterocycles. The van der Waals surface area contributed by atoms with Crippen LogP contribution < -0.4 is 0 Å². The van der Waals surface area contributed by atoms with E-state index in [2.05, 4.69) is 24.0 Å². The van der Waals surface area contributed by atoms with E-state index in [0.717, 1.165) is 16.2 Å². The number of fused-ring (bicyclic) bond motifs is 1. The molecule has 0 aromatic carbocycles. The summed E-state index contributed by atoms with van der Waals surface area (Å²) in [7, 11) is 0. The Balaban J connectivity index is 2.27. The topological polar surface area (TPSA) is 37.5 Å². The quantitative estimate of drug-likeness (QED) is 0.697. The predicted molar refractivity (Wildman–Crippen MR) is 64.9 cm³/mol. The van der Waals surface area contributed by atoms with E-state index < -0.39 is 0 Å². The van der Waals surface area contributed by atoms with Gasteiger partial charge in [0, 0.05) is 4.88 Å². The van der Waals surface area contributed by atoms with Crippen molar-refractivity contribution >= 4 is 16.9 Å². The molecule has 80 valence electrons. The van der Waals surface area contributed by atoms with Crippen LogP contribution in [0, 0.1) is 6.92 Å². The lowest BCUT2D eigenvalue weighted by Gasteiger charge is -1.99. The zero-order valence-electron chi connectivity index (χ0n) is 8.71. The first-order valence-corrected chi connectivity index (χ1v) is 5.78. The number of aryl methyl sites for hydroxylation is 1. The lowest BCUT2D eigenvalue weighted by Crippen LogP contribution is -1.86. The van der Waals surface area contributed by atoms with E-state index in [0.29, 0.717) is 0 Å². The number of aromatic hydroxyl groups is 1. The Bertz CT molecular complexity index is 654. The van der Waals surface area contributed by atoms with E-state index in [4.69, 9.17) is 0 Å². The SMILES string of the molecule is Cc1ccc(-c2ncc3ccc(O)cn23)s1. The van der Waals surface area contributed by atoms with Gasteiger partial charge in [0.15, 0.2) is 5.82 Å². The first-order valence-electron chi connectivity index (χ1n) is 4.97. The highest BCUT2D eigenvalue weighted by molar-refractivity contribution is 7.15. The van der Waals surface area contributed by atoms with Crippen LogP contribution in [-0.4, -0.2) is 14.5 Å². The number of rotatable bonds is 1. The highest BCUT2D eigenvalue weighted by atomic mass is 32.1. The molecule has 16 heavy (non-hydrogen) atoms. The van der Waals surface area contributed by atoms with Crippen LogP contribution in [0.5, 0.6) is 5.75 Å². The van der Waals surface area contributed by atoms with E-state index in [-0.39, 0.29) is 5.75 Å². The zero-order chi connectivity index (χ0) is 11.1. The van der Waals surface area contributed by atoms with Gasteiger partial charge >= 0.3 is 0 Å². The first-order chi connectivity index (χ1) is 7.74. The molecule has 0 fully saturated rings. The second kappa shape index (κ2) is 3.35. The van der Waals surface area contributed by atoms with Crippen LogP contribution in [0.1, 0.15) is 4.88 Å². The Kier molecular flexibility index (Phi) is 1.97. The van der Waals surface area contributed by atoms with Gasteiger partial charge in [-0.1, -0.05) is 0 Å². The fourth-order valence-corrected chi connectivity index (χ4v) is 2.58. The number of nitrogens with zero attached hydrogens (tertiary/aromatic N) is 2. The first kappa shape index (κ1) is 9.42. The molecule has 0 unspecified atom stereocenters. The van der Waals surface area contributed by atoms with Gasteiger partial charge in [-0.15, -0.1) is 11.3 Å². The highest BCUT2D eigenvalue weighted by Crippen LogP contribution is 2.28. The van der Waals surface area contributed by atoms with Crippen LogP contribution in [0.25, 0.3) is 16.2 Å². The molecule has 1 N–H and O–H groups in total. The molecule has 0 radical (unpaired) electrons. The number of thiophene rings is 1. The fourth-order valence-electron chi connectivity index (χ4n) is 1.72. The molecule has 0 amide bonds. The lowest BCUT2D eigenvalue weighted by molar-refractivity contribution is 0.472. The molecule has 3 aromatic rings. The van der Waals surface area contributed by atoms with Crippen molar-refractivity contribution in [2.45, 2.75) is 6.92 Å².